The highest BCUT2D eigenvalue weighted by atomic mass is 35.5. The minimum atomic E-state index is -3.47. The van der Waals surface area contributed by atoms with Crippen molar-refractivity contribution in [1.82, 2.24) is 14.9 Å². The molecule has 0 aromatic heterocycles. The lowest BCUT2D eigenvalue weighted by molar-refractivity contribution is 0.239. The number of benzene rings is 1. The molecule has 0 radical (unpaired) electrons. The first kappa shape index (κ1) is 22.9. The highest BCUT2D eigenvalue weighted by molar-refractivity contribution is 7.89. The molecule has 1 aliphatic rings. The van der Waals surface area contributed by atoms with Crippen molar-refractivity contribution in [3.63, 3.8) is 0 Å². The van der Waals surface area contributed by atoms with Crippen LogP contribution >= 0.6 is 36.4 Å². The predicted molar refractivity (Wildman–Crippen MR) is 99.8 cm³/mol. The fourth-order valence-electron chi connectivity index (χ4n) is 2.27. The lowest BCUT2D eigenvalue weighted by Crippen LogP contribution is -2.44. The van der Waals surface area contributed by atoms with Crippen LogP contribution in [0.2, 0.25) is 5.02 Å². The van der Waals surface area contributed by atoms with Gasteiger partial charge in [0.25, 0.3) is 0 Å². The number of aryl methyl sites for hydroxylation is 1. The molecule has 9 heteroatoms. The highest BCUT2D eigenvalue weighted by Gasteiger charge is 2.15. The molecule has 0 amide bonds. The van der Waals surface area contributed by atoms with E-state index in [1.165, 1.54) is 6.07 Å². The summed E-state index contributed by atoms with van der Waals surface area (Å²) in [5, 5.41) is 3.77. The third kappa shape index (κ3) is 7.13. The molecule has 1 aliphatic heterocycles. The Morgan fingerprint density at radius 3 is 2.52 bits per heavy atom. The maximum atomic E-state index is 12.2. The van der Waals surface area contributed by atoms with E-state index in [2.05, 4.69) is 14.9 Å². The van der Waals surface area contributed by atoms with Crippen LogP contribution in [0.3, 0.4) is 0 Å². The van der Waals surface area contributed by atoms with Crippen molar-refractivity contribution in [2.75, 3.05) is 39.3 Å². The lowest BCUT2D eigenvalue weighted by atomic mass is 10.2. The van der Waals surface area contributed by atoms with Crippen molar-refractivity contribution >= 4 is 46.4 Å². The fraction of sp³-hybridized carbons (Fsp3) is 0.571. The van der Waals surface area contributed by atoms with E-state index in [1.54, 1.807) is 12.1 Å². The van der Waals surface area contributed by atoms with Gasteiger partial charge in [0.15, 0.2) is 0 Å². The Hall–Kier alpha value is -0.0800. The molecule has 1 heterocycles. The van der Waals surface area contributed by atoms with Crippen LogP contribution in [0.1, 0.15) is 12.0 Å². The molecular formula is C14H24Cl3N3O2S. The van der Waals surface area contributed by atoms with Gasteiger partial charge in [-0.2, -0.15) is 0 Å². The van der Waals surface area contributed by atoms with Crippen molar-refractivity contribution in [1.29, 1.82) is 0 Å². The standard InChI is InChI=1S/C14H22ClN3O2S.2ClH/c1-12-3-4-13(11-14(12)15)21(19,20)17-5-2-8-18-9-6-16-7-10-18;;/h3-4,11,16-17H,2,5-10H2,1H3;2*1H. The van der Waals surface area contributed by atoms with Gasteiger partial charge in [0.2, 0.25) is 10.0 Å². The SMILES string of the molecule is Cc1ccc(S(=O)(=O)NCCCN2CCNCC2)cc1Cl.Cl.Cl. The first-order chi connectivity index (χ1) is 9.99. The Bertz CT molecular complexity index is 579. The Balaban J connectivity index is 0.00000242. The monoisotopic (exact) mass is 403 g/mol. The number of piperazine rings is 1. The molecule has 5 nitrogen and oxygen atoms in total. The summed E-state index contributed by atoms with van der Waals surface area (Å²) in [5.41, 5.74) is 0.870. The van der Waals surface area contributed by atoms with E-state index in [-0.39, 0.29) is 29.7 Å². The normalized spacial score (nSPS) is 15.6. The van der Waals surface area contributed by atoms with Crippen molar-refractivity contribution in [2.45, 2.75) is 18.2 Å². The van der Waals surface area contributed by atoms with Crippen LogP contribution in [0.5, 0.6) is 0 Å². The summed E-state index contributed by atoms with van der Waals surface area (Å²) in [5.74, 6) is 0. The van der Waals surface area contributed by atoms with Gasteiger partial charge in [-0.1, -0.05) is 17.7 Å². The zero-order valence-electron chi connectivity index (χ0n) is 13.0. The summed E-state index contributed by atoms with van der Waals surface area (Å²) < 4.78 is 26.9. The van der Waals surface area contributed by atoms with Gasteiger partial charge < -0.3 is 10.2 Å². The number of hydrogen-bond acceptors (Lipinski definition) is 4. The van der Waals surface area contributed by atoms with Crippen LogP contribution in [0, 0.1) is 6.92 Å². The van der Waals surface area contributed by atoms with Crippen molar-refractivity contribution in [3.8, 4) is 0 Å². The molecule has 134 valence electrons. The molecule has 1 aromatic rings. The number of halogens is 3. The third-order valence-electron chi connectivity index (χ3n) is 3.61. The molecule has 23 heavy (non-hydrogen) atoms. The first-order valence-electron chi connectivity index (χ1n) is 7.18. The topological polar surface area (TPSA) is 61.4 Å². The largest absolute Gasteiger partial charge is 0.314 e. The third-order valence-corrected chi connectivity index (χ3v) is 5.47. The van der Waals surface area contributed by atoms with E-state index >= 15 is 0 Å². The molecule has 1 aromatic carbocycles. The Morgan fingerprint density at radius 1 is 1.26 bits per heavy atom. The quantitative estimate of drug-likeness (QED) is 0.713. The van der Waals surface area contributed by atoms with Gasteiger partial charge in [0.1, 0.15) is 0 Å². The molecule has 0 saturated carbocycles. The second kappa shape index (κ2) is 10.7. The molecular weight excluding hydrogens is 381 g/mol. The Morgan fingerprint density at radius 2 is 1.91 bits per heavy atom. The molecule has 2 rings (SSSR count). The summed E-state index contributed by atoms with van der Waals surface area (Å²) in [6.45, 7) is 7.28. The van der Waals surface area contributed by atoms with Gasteiger partial charge in [-0.05, 0) is 37.6 Å². The zero-order chi connectivity index (χ0) is 15.3. The second-order valence-corrected chi connectivity index (χ2v) is 7.43. The van der Waals surface area contributed by atoms with E-state index in [4.69, 9.17) is 11.6 Å². The number of sulfonamides is 1. The van der Waals surface area contributed by atoms with E-state index in [0.29, 0.717) is 11.6 Å². The van der Waals surface area contributed by atoms with Crippen molar-refractivity contribution < 1.29 is 8.42 Å². The minimum Gasteiger partial charge on any atom is -0.314 e. The van der Waals surface area contributed by atoms with Gasteiger partial charge in [-0.25, -0.2) is 13.1 Å². The highest BCUT2D eigenvalue weighted by Crippen LogP contribution is 2.19. The van der Waals surface area contributed by atoms with Gasteiger partial charge in [-0.3, -0.25) is 0 Å². The Labute approximate surface area is 156 Å². The molecule has 0 bridgehead atoms. The smallest absolute Gasteiger partial charge is 0.240 e. The number of nitrogens with zero attached hydrogens (tertiary/aromatic N) is 1. The zero-order valence-corrected chi connectivity index (χ0v) is 16.3. The number of hydrogen-bond donors (Lipinski definition) is 2. The van der Waals surface area contributed by atoms with Gasteiger partial charge >= 0.3 is 0 Å². The Kier molecular flexibility index (Phi) is 10.7. The van der Waals surface area contributed by atoms with Crippen molar-refractivity contribution in [2.24, 2.45) is 0 Å². The molecule has 0 aliphatic carbocycles. The van der Waals surface area contributed by atoms with Crippen molar-refractivity contribution in [3.05, 3.63) is 28.8 Å². The average molecular weight is 405 g/mol. The fourth-order valence-corrected chi connectivity index (χ4v) is 3.61. The summed E-state index contributed by atoms with van der Waals surface area (Å²) in [4.78, 5) is 2.56. The van der Waals surface area contributed by atoms with Crippen LogP contribution in [-0.2, 0) is 10.0 Å². The van der Waals surface area contributed by atoms with Gasteiger partial charge in [-0.15, -0.1) is 24.8 Å². The van der Waals surface area contributed by atoms with Gasteiger partial charge in [0.05, 0.1) is 4.90 Å². The number of nitrogens with one attached hydrogen (secondary N) is 2. The number of rotatable bonds is 6. The van der Waals surface area contributed by atoms with Crippen LogP contribution in [0.25, 0.3) is 0 Å². The van der Waals surface area contributed by atoms with Crippen LogP contribution in [0.4, 0.5) is 0 Å². The van der Waals surface area contributed by atoms with E-state index in [9.17, 15) is 8.42 Å². The molecule has 1 fully saturated rings. The molecule has 1 saturated heterocycles. The summed E-state index contributed by atoms with van der Waals surface area (Å²) in [7, 11) is -3.47. The molecule has 0 spiro atoms. The molecule has 0 atom stereocenters. The maximum Gasteiger partial charge on any atom is 0.240 e. The van der Waals surface area contributed by atoms with E-state index in [1.807, 2.05) is 6.92 Å². The maximum absolute atomic E-state index is 12.2. The predicted octanol–water partition coefficient (Wildman–Crippen LogP) is 2.07. The summed E-state index contributed by atoms with van der Waals surface area (Å²) in [6.07, 6.45) is 0.804. The first-order valence-corrected chi connectivity index (χ1v) is 9.04. The van der Waals surface area contributed by atoms with Crippen LogP contribution in [-0.4, -0.2) is 52.6 Å². The minimum absolute atomic E-state index is 0. The van der Waals surface area contributed by atoms with Gasteiger partial charge in [0, 0.05) is 37.7 Å². The van der Waals surface area contributed by atoms with E-state index in [0.717, 1.165) is 44.7 Å². The van der Waals surface area contributed by atoms with Crippen LogP contribution in [0.15, 0.2) is 23.1 Å². The summed E-state index contributed by atoms with van der Waals surface area (Å²) in [6, 6.07) is 4.80. The average Bonchev–Trinajstić information content (AvgIpc) is 2.47. The van der Waals surface area contributed by atoms with E-state index < -0.39 is 10.0 Å². The second-order valence-electron chi connectivity index (χ2n) is 5.25. The summed E-state index contributed by atoms with van der Waals surface area (Å²) >= 11 is 5.98. The lowest BCUT2D eigenvalue weighted by Gasteiger charge is -2.27. The van der Waals surface area contributed by atoms with Crippen LogP contribution < -0.4 is 10.0 Å². The molecule has 2 N–H and O–H groups in total. The molecule has 0 unspecified atom stereocenters.